The second-order valence-electron chi connectivity index (χ2n) is 4.58. The van der Waals surface area contributed by atoms with Gasteiger partial charge in [0.2, 0.25) is 0 Å². The van der Waals surface area contributed by atoms with E-state index >= 15 is 0 Å². The number of carbonyl (C=O) groups excluding carboxylic acids is 1. The van der Waals surface area contributed by atoms with Gasteiger partial charge in [-0.3, -0.25) is 4.79 Å². The molecule has 4 nitrogen and oxygen atoms in total. The minimum Gasteiger partial charge on any atom is -0.484 e. The zero-order valence-corrected chi connectivity index (χ0v) is 11.3. The van der Waals surface area contributed by atoms with E-state index in [9.17, 15) is 4.79 Å². The van der Waals surface area contributed by atoms with Crippen LogP contribution in [0.2, 0.25) is 0 Å². The Labute approximate surface area is 113 Å². The van der Waals surface area contributed by atoms with Crippen LogP contribution in [0.15, 0.2) is 36.0 Å². The fourth-order valence-corrected chi connectivity index (χ4v) is 2.23. The predicted octanol–water partition coefficient (Wildman–Crippen LogP) is 2.56. The van der Waals surface area contributed by atoms with Gasteiger partial charge in [0, 0.05) is 17.9 Å². The van der Waals surface area contributed by atoms with Gasteiger partial charge >= 0.3 is 0 Å². The number of nitrogens with two attached hydrogens (primary N) is 1. The Balaban J connectivity index is 1.90. The van der Waals surface area contributed by atoms with E-state index in [1.807, 2.05) is 11.8 Å². The Morgan fingerprint density at radius 1 is 1.37 bits per heavy atom. The first-order chi connectivity index (χ1) is 9.20. The van der Waals surface area contributed by atoms with Crippen LogP contribution in [-0.4, -0.2) is 24.0 Å². The van der Waals surface area contributed by atoms with E-state index in [4.69, 9.17) is 10.5 Å². The highest BCUT2D eigenvalue weighted by Crippen LogP contribution is 2.21. The standard InChI is InChI=1S/C15H20N2O2/c1-2-17(13-5-3-4-6-13)15(18)11-19-14-9-7-12(16)8-10-14/h5,7-10H,2-4,6,11,16H2,1H3. The summed E-state index contributed by atoms with van der Waals surface area (Å²) >= 11 is 0. The second kappa shape index (κ2) is 6.27. The van der Waals surface area contributed by atoms with Crippen molar-refractivity contribution >= 4 is 11.6 Å². The monoisotopic (exact) mass is 260 g/mol. The van der Waals surface area contributed by atoms with E-state index in [2.05, 4.69) is 6.08 Å². The summed E-state index contributed by atoms with van der Waals surface area (Å²) in [5.74, 6) is 0.673. The molecule has 1 aromatic rings. The second-order valence-corrected chi connectivity index (χ2v) is 4.58. The van der Waals surface area contributed by atoms with E-state index in [0.717, 1.165) is 25.0 Å². The smallest absolute Gasteiger partial charge is 0.264 e. The molecule has 19 heavy (non-hydrogen) atoms. The van der Waals surface area contributed by atoms with Gasteiger partial charge in [-0.25, -0.2) is 0 Å². The van der Waals surface area contributed by atoms with Crippen LogP contribution in [-0.2, 0) is 4.79 Å². The van der Waals surface area contributed by atoms with Crippen LogP contribution in [0.5, 0.6) is 5.75 Å². The summed E-state index contributed by atoms with van der Waals surface area (Å²) in [6.45, 7) is 2.74. The number of allylic oxidation sites excluding steroid dienone is 2. The Morgan fingerprint density at radius 2 is 2.11 bits per heavy atom. The Bertz CT molecular complexity index is 466. The third-order valence-electron chi connectivity index (χ3n) is 3.22. The summed E-state index contributed by atoms with van der Waals surface area (Å²) in [6.07, 6.45) is 5.34. The van der Waals surface area contributed by atoms with Crippen LogP contribution in [0.25, 0.3) is 0 Å². The number of hydrogen-bond donors (Lipinski definition) is 1. The van der Waals surface area contributed by atoms with Gasteiger partial charge in [0.25, 0.3) is 5.91 Å². The molecule has 1 amide bonds. The van der Waals surface area contributed by atoms with Gasteiger partial charge in [0.1, 0.15) is 5.75 Å². The first kappa shape index (κ1) is 13.5. The number of rotatable bonds is 5. The number of carbonyl (C=O) groups is 1. The molecule has 0 aliphatic heterocycles. The number of likely N-dealkylation sites (N-methyl/N-ethyl adjacent to an activating group) is 1. The zero-order valence-electron chi connectivity index (χ0n) is 11.3. The predicted molar refractivity (Wildman–Crippen MR) is 75.7 cm³/mol. The van der Waals surface area contributed by atoms with Crippen LogP contribution in [0.3, 0.4) is 0 Å². The summed E-state index contributed by atoms with van der Waals surface area (Å²) in [5.41, 5.74) is 7.41. The van der Waals surface area contributed by atoms with Crippen molar-refractivity contribution in [3.63, 3.8) is 0 Å². The van der Waals surface area contributed by atoms with E-state index in [0.29, 0.717) is 18.0 Å². The summed E-state index contributed by atoms with van der Waals surface area (Å²) in [6, 6.07) is 7.06. The molecule has 2 rings (SSSR count). The minimum atomic E-state index is 0.00692. The van der Waals surface area contributed by atoms with E-state index < -0.39 is 0 Å². The number of benzene rings is 1. The average Bonchev–Trinajstić information content (AvgIpc) is 2.93. The van der Waals surface area contributed by atoms with Crippen LogP contribution in [0.4, 0.5) is 5.69 Å². The average molecular weight is 260 g/mol. The van der Waals surface area contributed by atoms with Crippen molar-refractivity contribution in [2.24, 2.45) is 0 Å². The van der Waals surface area contributed by atoms with Crippen LogP contribution in [0.1, 0.15) is 26.2 Å². The van der Waals surface area contributed by atoms with Crippen molar-refractivity contribution in [3.05, 3.63) is 36.0 Å². The molecule has 0 bridgehead atoms. The highest BCUT2D eigenvalue weighted by atomic mass is 16.5. The van der Waals surface area contributed by atoms with Crippen LogP contribution < -0.4 is 10.5 Å². The lowest BCUT2D eigenvalue weighted by Crippen LogP contribution is -2.33. The van der Waals surface area contributed by atoms with Gasteiger partial charge in [-0.05, 0) is 50.5 Å². The van der Waals surface area contributed by atoms with Crippen LogP contribution in [0, 0.1) is 0 Å². The molecule has 1 aromatic carbocycles. The quantitative estimate of drug-likeness (QED) is 0.828. The lowest BCUT2D eigenvalue weighted by Gasteiger charge is -2.22. The molecular weight excluding hydrogens is 240 g/mol. The molecule has 0 fully saturated rings. The van der Waals surface area contributed by atoms with Crippen molar-refractivity contribution in [3.8, 4) is 5.75 Å². The molecule has 0 aromatic heterocycles. The molecule has 0 atom stereocenters. The van der Waals surface area contributed by atoms with Gasteiger partial charge in [-0.15, -0.1) is 0 Å². The third-order valence-corrected chi connectivity index (χ3v) is 3.22. The topological polar surface area (TPSA) is 55.6 Å². The lowest BCUT2D eigenvalue weighted by molar-refractivity contribution is -0.131. The van der Waals surface area contributed by atoms with E-state index in [1.165, 1.54) is 0 Å². The molecular formula is C15H20N2O2. The first-order valence-corrected chi connectivity index (χ1v) is 6.68. The first-order valence-electron chi connectivity index (χ1n) is 6.68. The molecule has 1 aliphatic rings. The van der Waals surface area contributed by atoms with Gasteiger partial charge < -0.3 is 15.4 Å². The van der Waals surface area contributed by atoms with Crippen molar-refractivity contribution in [2.75, 3.05) is 18.9 Å². The summed E-state index contributed by atoms with van der Waals surface area (Å²) in [4.78, 5) is 13.9. The van der Waals surface area contributed by atoms with Crippen molar-refractivity contribution < 1.29 is 9.53 Å². The molecule has 0 saturated carbocycles. The zero-order chi connectivity index (χ0) is 13.7. The summed E-state index contributed by atoms with van der Waals surface area (Å²) < 4.78 is 5.49. The Morgan fingerprint density at radius 3 is 2.68 bits per heavy atom. The molecule has 0 heterocycles. The van der Waals surface area contributed by atoms with Crippen molar-refractivity contribution in [1.29, 1.82) is 0 Å². The SMILES string of the molecule is CCN(C(=O)COc1ccc(N)cc1)C1=CCCC1. The Hall–Kier alpha value is -1.97. The molecule has 2 N–H and O–H groups in total. The maximum Gasteiger partial charge on any atom is 0.264 e. The fraction of sp³-hybridized carbons (Fsp3) is 0.400. The molecule has 102 valence electrons. The highest BCUT2D eigenvalue weighted by molar-refractivity contribution is 5.79. The number of anilines is 1. The van der Waals surface area contributed by atoms with E-state index in [-0.39, 0.29) is 12.5 Å². The molecule has 0 saturated heterocycles. The highest BCUT2D eigenvalue weighted by Gasteiger charge is 2.18. The molecule has 0 spiro atoms. The number of nitrogen functional groups attached to an aromatic ring is 1. The molecule has 1 aliphatic carbocycles. The molecule has 0 radical (unpaired) electrons. The van der Waals surface area contributed by atoms with Gasteiger partial charge in [0.15, 0.2) is 6.61 Å². The fourth-order valence-electron chi connectivity index (χ4n) is 2.23. The Kier molecular flexibility index (Phi) is 4.44. The largest absolute Gasteiger partial charge is 0.484 e. The maximum absolute atomic E-state index is 12.1. The number of nitrogens with zero attached hydrogens (tertiary/aromatic N) is 1. The van der Waals surface area contributed by atoms with Gasteiger partial charge in [-0.1, -0.05) is 6.08 Å². The van der Waals surface area contributed by atoms with Crippen LogP contribution >= 0.6 is 0 Å². The van der Waals surface area contributed by atoms with Gasteiger partial charge in [-0.2, -0.15) is 0 Å². The summed E-state index contributed by atoms with van der Waals surface area (Å²) in [7, 11) is 0. The summed E-state index contributed by atoms with van der Waals surface area (Å²) in [5, 5.41) is 0. The lowest BCUT2D eigenvalue weighted by atomic mass is 10.3. The van der Waals surface area contributed by atoms with E-state index in [1.54, 1.807) is 24.3 Å². The molecule has 0 unspecified atom stereocenters. The van der Waals surface area contributed by atoms with Crippen molar-refractivity contribution in [2.45, 2.75) is 26.2 Å². The number of ether oxygens (including phenoxy) is 1. The third kappa shape index (κ3) is 3.50. The normalized spacial score (nSPS) is 14.1. The number of amides is 1. The maximum atomic E-state index is 12.1. The molecule has 4 heteroatoms. The van der Waals surface area contributed by atoms with Crippen molar-refractivity contribution in [1.82, 2.24) is 4.90 Å². The van der Waals surface area contributed by atoms with Gasteiger partial charge in [0.05, 0.1) is 0 Å². The minimum absolute atomic E-state index is 0.00692. The number of hydrogen-bond acceptors (Lipinski definition) is 3.